The standard InChI is InChI=1S/C3H3N3O3.H3O4P/c7-1-4-2(8)6-3(9)5-1;1-5(2,3)4/h(H3,4,5,6,7,8,9);(H3,1,2,3,4). The molecule has 0 aliphatic carbocycles. The molecule has 0 radical (unpaired) electrons. The first kappa shape index (κ1) is 12.5. The number of phosphoric acid groups is 1. The van der Waals surface area contributed by atoms with Crippen LogP contribution in [0.1, 0.15) is 0 Å². The summed E-state index contributed by atoms with van der Waals surface area (Å²) in [6.07, 6.45) is 0. The van der Waals surface area contributed by atoms with Crippen LogP contribution in [0.5, 0.6) is 0 Å². The Kier molecular flexibility index (Phi) is 4.18. The Morgan fingerprint density at radius 2 is 0.929 bits per heavy atom. The molecule has 0 saturated carbocycles. The molecule has 0 aliphatic heterocycles. The number of H-pyrrole nitrogens is 3. The van der Waals surface area contributed by atoms with Crippen LogP contribution < -0.4 is 17.1 Å². The van der Waals surface area contributed by atoms with Crippen molar-refractivity contribution in [2.24, 2.45) is 0 Å². The predicted octanol–water partition coefficient (Wildman–Crippen LogP) is -3.18. The molecule has 1 heterocycles. The monoisotopic (exact) mass is 227 g/mol. The Balaban J connectivity index is 0.000000292. The average molecular weight is 227 g/mol. The van der Waals surface area contributed by atoms with Gasteiger partial charge in [0.1, 0.15) is 0 Å². The smallest absolute Gasteiger partial charge is 0.303 e. The van der Waals surface area contributed by atoms with Gasteiger partial charge in [-0.1, -0.05) is 0 Å². The van der Waals surface area contributed by atoms with Gasteiger partial charge in [0, 0.05) is 0 Å². The molecule has 10 nitrogen and oxygen atoms in total. The van der Waals surface area contributed by atoms with E-state index in [0.717, 1.165) is 0 Å². The van der Waals surface area contributed by atoms with Crippen LogP contribution in [-0.2, 0) is 4.57 Å². The second-order valence-corrected chi connectivity index (χ2v) is 2.90. The Morgan fingerprint density at radius 1 is 0.786 bits per heavy atom. The van der Waals surface area contributed by atoms with Gasteiger partial charge in [0.25, 0.3) is 0 Å². The van der Waals surface area contributed by atoms with Crippen molar-refractivity contribution in [3.63, 3.8) is 0 Å². The molecule has 1 rings (SSSR count). The molecular formula is C3H6N3O7P. The van der Waals surface area contributed by atoms with Crippen molar-refractivity contribution in [3.05, 3.63) is 31.5 Å². The highest BCUT2D eigenvalue weighted by atomic mass is 31.2. The Morgan fingerprint density at radius 3 is 1.07 bits per heavy atom. The zero-order valence-corrected chi connectivity index (χ0v) is 7.32. The molecule has 0 bridgehead atoms. The summed E-state index contributed by atoms with van der Waals surface area (Å²) in [5, 5.41) is 0. The van der Waals surface area contributed by atoms with Crippen molar-refractivity contribution in [2.75, 3.05) is 0 Å². The number of nitrogens with one attached hydrogen (secondary N) is 3. The molecule has 1 aromatic rings. The topological polar surface area (TPSA) is 176 Å². The first-order chi connectivity index (χ1) is 6.18. The van der Waals surface area contributed by atoms with Gasteiger partial charge in [0.05, 0.1) is 0 Å². The number of aromatic nitrogens is 3. The van der Waals surface area contributed by atoms with Gasteiger partial charge in [0.2, 0.25) is 0 Å². The van der Waals surface area contributed by atoms with Gasteiger partial charge in [-0.05, 0) is 0 Å². The summed E-state index contributed by atoms with van der Waals surface area (Å²) in [4.78, 5) is 57.5. The first-order valence-electron chi connectivity index (χ1n) is 2.89. The van der Waals surface area contributed by atoms with Crippen LogP contribution in [0.25, 0.3) is 0 Å². The summed E-state index contributed by atoms with van der Waals surface area (Å²) in [5.41, 5.74) is -2.41. The molecule has 6 N–H and O–H groups in total. The first-order valence-corrected chi connectivity index (χ1v) is 4.46. The Bertz CT molecular complexity index is 403. The third kappa shape index (κ3) is 8.62. The van der Waals surface area contributed by atoms with Gasteiger partial charge in [0.15, 0.2) is 0 Å². The second kappa shape index (κ2) is 4.67. The number of rotatable bonds is 0. The second-order valence-electron chi connectivity index (χ2n) is 1.88. The molecule has 11 heteroatoms. The fourth-order valence-corrected chi connectivity index (χ4v) is 0.403. The third-order valence-electron chi connectivity index (χ3n) is 0.681. The van der Waals surface area contributed by atoms with Gasteiger partial charge >= 0.3 is 24.9 Å². The van der Waals surface area contributed by atoms with Crippen molar-refractivity contribution < 1.29 is 19.2 Å². The summed E-state index contributed by atoms with van der Waals surface area (Å²) in [5.74, 6) is 0. The normalized spacial score (nSPS) is 10.2. The van der Waals surface area contributed by atoms with Crippen LogP contribution in [0.3, 0.4) is 0 Å². The molecule has 0 saturated heterocycles. The number of aromatic amines is 3. The van der Waals surface area contributed by atoms with Gasteiger partial charge < -0.3 is 14.7 Å². The van der Waals surface area contributed by atoms with Gasteiger partial charge in [-0.2, -0.15) is 0 Å². The van der Waals surface area contributed by atoms with Gasteiger partial charge in [-0.3, -0.25) is 15.0 Å². The molecule has 0 aliphatic rings. The van der Waals surface area contributed by atoms with E-state index in [-0.39, 0.29) is 0 Å². The highest BCUT2D eigenvalue weighted by Crippen LogP contribution is 2.25. The maximum absolute atomic E-state index is 10.2. The van der Waals surface area contributed by atoms with E-state index in [2.05, 4.69) is 0 Å². The quantitative estimate of drug-likeness (QED) is 0.253. The molecule has 0 spiro atoms. The molecule has 0 fully saturated rings. The third-order valence-corrected chi connectivity index (χ3v) is 0.681. The van der Waals surface area contributed by atoms with Crippen molar-refractivity contribution in [3.8, 4) is 0 Å². The van der Waals surface area contributed by atoms with E-state index in [1.165, 1.54) is 0 Å². The average Bonchev–Trinajstić information content (AvgIpc) is 1.77. The molecule has 0 aromatic carbocycles. The highest BCUT2D eigenvalue weighted by molar-refractivity contribution is 7.45. The Hall–Kier alpha value is -1.48. The van der Waals surface area contributed by atoms with Crippen LogP contribution in [0.4, 0.5) is 0 Å². The number of hydrogen-bond donors (Lipinski definition) is 6. The van der Waals surface area contributed by atoms with Gasteiger partial charge in [-0.25, -0.2) is 18.9 Å². The summed E-state index contributed by atoms with van der Waals surface area (Å²) in [6, 6.07) is 0. The van der Waals surface area contributed by atoms with E-state index >= 15 is 0 Å². The van der Waals surface area contributed by atoms with E-state index in [0.29, 0.717) is 0 Å². The molecule has 1 aromatic heterocycles. The van der Waals surface area contributed by atoms with Crippen molar-refractivity contribution in [2.45, 2.75) is 0 Å². The maximum Gasteiger partial charge on any atom is 0.466 e. The molecular weight excluding hydrogens is 221 g/mol. The van der Waals surface area contributed by atoms with E-state index in [9.17, 15) is 14.4 Å². The zero-order chi connectivity index (χ0) is 11.4. The molecule has 0 atom stereocenters. The predicted molar refractivity (Wildman–Crippen MR) is 42.6 cm³/mol. The molecule has 0 unspecified atom stereocenters. The van der Waals surface area contributed by atoms with E-state index in [1.807, 2.05) is 0 Å². The highest BCUT2D eigenvalue weighted by Gasteiger charge is 2.00. The van der Waals surface area contributed by atoms with E-state index in [4.69, 9.17) is 19.2 Å². The summed E-state index contributed by atoms with van der Waals surface area (Å²) in [6.45, 7) is 0. The zero-order valence-electron chi connectivity index (χ0n) is 6.42. The lowest BCUT2D eigenvalue weighted by molar-refractivity contribution is 0.275. The minimum absolute atomic E-state index is 0.802. The van der Waals surface area contributed by atoms with Crippen LogP contribution in [-0.4, -0.2) is 29.6 Å². The lowest BCUT2D eigenvalue weighted by atomic mass is 11.0. The van der Waals surface area contributed by atoms with Crippen LogP contribution in [0.2, 0.25) is 0 Å². The molecule has 80 valence electrons. The molecule has 0 amide bonds. The van der Waals surface area contributed by atoms with Crippen molar-refractivity contribution >= 4 is 7.82 Å². The van der Waals surface area contributed by atoms with Crippen LogP contribution >= 0.6 is 7.82 Å². The fourth-order valence-electron chi connectivity index (χ4n) is 0.403. The minimum Gasteiger partial charge on any atom is -0.303 e. The van der Waals surface area contributed by atoms with Crippen LogP contribution in [0, 0.1) is 0 Å². The summed E-state index contributed by atoms with van der Waals surface area (Å²) < 4.78 is 8.88. The minimum atomic E-state index is -4.64. The summed E-state index contributed by atoms with van der Waals surface area (Å²) in [7, 11) is -4.64. The van der Waals surface area contributed by atoms with Crippen molar-refractivity contribution in [1.82, 2.24) is 15.0 Å². The fraction of sp³-hybridized carbons (Fsp3) is 0. The summed E-state index contributed by atoms with van der Waals surface area (Å²) >= 11 is 0. The maximum atomic E-state index is 10.2. The Labute approximate surface area is 74.5 Å². The van der Waals surface area contributed by atoms with E-state index < -0.39 is 24.9 Å². The number of hydrogen-bond acceptors (Lipinski definition) is 4. The van der Waals surface area contributed by atoms with Crippen LogP contribution in [0.15, 0.2) is 14.4 Å². The SMILES string of the molecule is O=P(O)(O)O.O=c1[nH]c(=O)[nH]c(=O)[nH]1. The lowest BCUT2D eigenvalue weighted by Gasteiger charge is -1.82. The lowest BCUT2D eigenvalue weighted by Crippen LogP contribution is -2.34. The van der Waals surface area contributed by atoms with Crippen molar-refractivity contribution in [1.29, 1.82) is 0 Å². The van der Waals surface area contributed by atoms with E-state index in [1.54, 1.807) is 15.0 Å². The largest absolute Gasteiger partial charge is 0.466 e. The molecule has 14 heavy (non-hydrogen) atoms. The van der Waals surface area contributed by atoms with Gasteiger partial charge in [-0.15, -0.1) is 0 Å².